The lowest BCUT2D eigenvalue weighted by Crippen LogP contribution is -2.38. The average molecular weight is 276 g/mol. The highest BCUT2D eigenvalue weighted by Gasteiger charge is 2.22. The van der Waals surface area contributed by atoms with Crippen molar-refractivity contribution in [3.63, 3.8) is 0 Å². The van der Waals surface area contributed by atoms with E-state index in [-0.39, 0.29) is 0 Å². The molecule has 2 N–H and O–H groups in total. The highest BCUT2D eigenvalue weighted by molar-refractivity contribution is 5.47. The third-order valence-corrected chi connectivity index (χ3v) is 3.60. The zero-order valence-electron chi connectivity index (χ0n) is 11.7. The van der Waals surface area contributed by atoms with Crippen LogP contribution in [-0.2, 0) is 4.74 Å². The van der Waals surface area contributed by atoms with Crippen LogP contribution in [-0.4, -0.2) is 51.9 Å². The molecule has 0 unspecified atom stereocenters. The van der Waals surface area contributed by atoms with Crippen LogP contribution >= 0.6 is 0 Å². The molecule has 1 saturated heterocycles. The summed E-state index contributed by atoms with van der Waals surface area (Å²) in [6, 6.07) is 2.06. The van der Waals surface area contributed by atoms with Crippen molar-refractivity contribution < 1.29 is 4.74 Å². The van der Waals surface area contributed by atoms with Crippen LogP contribution in [0.4, 0.5) is 5.82 Å². The second kappa shape index (κ2) is 5.72. The first kappa shape index (κ1) is 13.3. The number of aromatic nitrogens is 4. The maximum absolute atomic E-state index is 5.71. The zero-order chi connectivity index (χ0) is 13.9. The highest BCUT2D eigenvalue weighted by atomic mass is 16.5. The fraction of sp³-hybridized carbons (Fsp3) is 0.615. The molecule has 0 bridgehead atoms. The number of aryl methyl sites for hydroxylation is 1. The summed E-state index contributed by atoms with van der Waals surface area (Å²) in [6.45, 7) is 5.12. The Balaban J connectivity index is 1.75. The number of hydrogen-bond donors (Lipinski definition) is 1. The number of ether oxygens (including phenoxy) is 1. The zero-order valence-corrected chi connectivity index (χ0v) is 11.7. The number of nitrogens with zero attached hydrogens (tertiary/aromatic N) is 5. The number of nitrogens with two attached hydrogens (primary N) is 1. The molecule has 0 saturated carbocycles. The first-order valence-electron chi connectivity index (χ1n) is 7.02. The van der Waals surface area contributed by atoms with Crippen LogP contribution in [0, 0.1) is 6.92 Å². The van der Waals surface area contributed by atoms with Crippen molar-refractivity contribution in [1.82, 2.24) is 19.6 Å². The van der Waals surface area contributed by atoms with Gasteiger partial charge in [0.25, 0.3) is 5.78 Å². The van der Waals surface area contributed by atoms with Crippen LogP contribution in [0.1, 0.15) is 18.5 Å². The fourth-order valence-corrected chi connectivity index (χ4v) is 2.62. The van der Waals surface area contributed by atoms with E-state index in [0.29, 0.717) is 25.0 Å². The average Bonchev–Trinajstić information content (AvgIpc) is 2.93. The summed E-state index contributed by atoms with van der Waals surface area (Å²) in [5.74, 6) is 1.71. The molecule has 0 aliphatic carbocycles. The Morgan fingerprint density at radius 2 is 2.20 bits per heavy atom. The van der Waals surface area contributed by atoms with Crippen LogP contribution in [0.3, 0.4) is 0 Å². The molecule has 7 heteroatoms. The Kier molecular flexibility index (Phi) is 3.79. The van der Waals surface area contributed by atoms with Gasteiger partial charge in [0.05, 0.1) is 12.7 Å². The van der Waals surface area contributed by atoms with Gasteiger partial charge in [0.15, 0.2) is 0 Å². The van der Waals surface area contributed by atoms with Crippen molar-refractivity contribution >= 4 is 11.6 Å². The molecule has 3 rings (SSSR count). The lowest BCUT2D eigenvalue weighted by Gasteiger charge is -2.33. The molecule has 3 heterocycles. The minimum Gasteiger partial charge on any atom is -0.377 e. The van der Waals surface area contributed by atoms with Crippen LogP contribution in [0.5, 0.6) is 0 Å². The second-order valence-electron chi connectivity index (χ2n) is 5.07. The van der Waals surface area contributed by atoms with E-state index in [9.17, 15) is 0 Å². The molecule has 2 aromatic heterocycles. The van der Waals surface area contributed by atoms with Crippen LogP contribution < -0.4 is 10.6 Å². The first-order chi connectivity index (χ1) is 9.78. The Bertz CT molecular complexity index is 575. The van der Waals surface area contributed by atoms with Gasteiger partial charge in [-0.1, -0.05) is 0 Å². The smallest absolute Gasteiger partial charge is 0.254 e. The van der Waals surface area contributed by atoms with Gasteiger partial charge < -0.3 is 15.4 Å². The standard InChI is InChI=1S/C13H20N6O/c1-10-8-12(19-13(17-10)15-9-16-19)18-5-2-11(3-6-18)20-7-4-14/h8-9,11H,2-7,14H2,1H3. The van der Waals surface area contributed by atoms with Crippen LogP contribution in [0.25, 0.3) is 5.78 Å². The first-order valence-corrected chi connectivity index (χ1v) is 7.02. The lowest BCUT2D eigenvalue weighted by atomic mass is 10.1. The quantitative estimate of drug-likeness (QED) is 0.869. The van der Waals surface area contributed by atoms with E-state index < -0.39 is 0 Å². The van der Waals surface area contributed by atoms with Gasteiger partial charge in [0, 0.05) is 31.4 Å². The Morgan fingerprint density at radius 1 is 1.40 bits per heavy atom. The highest BCUT2D eigenvalue weighted by Crippen LogP contribution is 2.22. The largest absolute Gasteiger partial charge is 0.377 e. The van der Waals surface area contributed by atoms with E-state index >= 15 is 0 Å². The van der Waals surface area contributed by atoms with Crippen molar-refractivity contribution in [2.45, 2.75) is 25.9 Å². The Labute approximate surface area is 117 Å². The summed E-state index contributed by atoms with van der Waals surface area (Å²) >= 11 is 0. The van der Waals surface area contributed by atoms with Crippen LogP contribution in [0.2, 0.25) is 0 Å². The molecular formula is C13H20N6O. The van der Waals surface area contributed by atoms with Crippen molar-refractivity contribution in [3.05, 3.63) is 18.1 Å². The van der Waals surface area contributed by atoms with E-state index in [2.05, 4.69) is 26.0 Å². The molecule has 20 heavy (non-hydrogen) atoms. The van der Waals surface area contributed by atoms with E-state index in [1.165, 1.54) is 0 Å². The molecule has 1 aliphatic rings. The summed E-state index contributed by atoms with van der Waals surface area (Å²) < 4.78 is 7.51. The van der Waals surface area contributed by atoms with Gasteiger partial charge in [-0.15, -0.1) is 0 Å². The minimum atomic E-state index is 0.323. The Hall–Kier alpha value is -1.73. The normalized spacial score (nSPS) is 17.0. The predicted octanol–water partition coefficient (Wildman–Crippen LogP) is 0.377. The maximum atomic E-state index is 5.71. The SMILES string of the molecule is Cc1cc(N2CCC(OCCN)CC2)n2ncnc2n1. The topological polar surface area (TPSA) is 81.6 Å². The molecule has 0 amide bonds. The van der Waals surface area contributed by atoms with Crippen LogP contribution in [0.15, 0.2) is 12.4 Å². The molecule has 1 fully saturated rings. The molecule has 0 atom stereocenters. The molecule has 2 aromatic rings. The van der Waals surface area contributed by atoms with Crippen molar-refractivity contribution in [2.24, 2.45) is 5.73 Å². The van der Waals surface area contributed by atoms with Gasteiger partial charge in [0.2, 0.25) is 0 Å². The molecular weight excluding hydrogens is 256 g/mol. The van der Waals surface area contributed by atoms with Crippen molar-refractivity contribution in [2.75, 3.05) is 31.1 Å². The van der Waals surface area contributed by atoms with Crippen molar-refractivity contribution in [3.8, 4) is 0 Å². The molecule has 7 nitrogen and oxygen atoms in total. The van der Waals surface area contributed by atoms with Gasteiger partial charge in [-0.2, -0.15) is 14.6 Å². The van der Waals surface area contributed by atoms with Crippen molar-refractivity contribution in [1.29, 1.82) is 0 Å². The van der Waals surface area contributed by atoms with E-state index in [4.69, 9.17) is 10.5 Å². The summed E-state index contributed by atoms with van der Waals surface area (Å²) in [5.41, 5.74) is 6.43. The molecule has 0 aromatic carbocycles. The third-order valence-electron chi connectivity index (χ3n) is 3.60. The number of anilines is 1. The summed E-state index contributed by atoms with van der Waals surface area (Å²) in [4.78, 5) is 10.9. The number of hydrogen-bond acceptors (Lipinski definition) is 6. The maximum Gasteiger partial charge on any atom is 0.254 e. The van der Waals surface area contributed by atoms with Gasteiger partial charge in [-0.3, -0.25) is 0 Å². The molecule has 0 radical (unpaired) electrons. The van der Waals surface area contributed by atoms with E-state index in [1.807, 2.05) is 6.92 Å². The second-order valence-corrected chi connectivity index (χ2v) is 5.07. The van der Waals surface area contributed by atoms with Gasteiger partial charge in [-0.25, -0.2) is 4.98 Å². The predicted molar refractivity (Wildman–Crippen MR) is 75.8 cm³/mol. The van der Waals surface area contributed by atoms with Gasteiger partial charge in [-0.05, 0) is 19.8 Å². The fourth-order valence-electron chi connectivity index (χ4n) is 2.62. The van der Waals surface area contributed by atoms with Gasteiger partial charge >= 0.3 is 0 Å². The number of rotatable bonds is 4. The summed E-state index contributed by atoms with van der Waals surface area (Å²) in [5, 5.41) is 4.26. The Morgan fingerprint density at radius 3 is 2.95 bits per heavy atom. The summed E-state index contributed by atoms with van der Waals surface area (Å²) in [7, 11) is 0. The number of piperidine rings is 1. The minimum absolute atomic E-state index is 0.323. The summed E-state index contributed by atoms with van der Waals surface area (Å²) in [6.07, 6.45) is 3.89. The number of fused-ring (bicyclic) bond motifs is 1. The van der Waals surface area contributed by atoms with Gasteiger partial charge in [0.1, 0.15) is 12.1 Å². The lowest BCUT2D eigenvalue weighted by molar-refractivity contribution is 0.0420. The molecule has 108 valence electrons. The third kappa shape index (κ3) is 2.59. The molecule has 0 spiro atoms. The monoisotopic (exact) mass is 276 g/mol. The molecule has 1 aliphatic heterocycles. The van der Waals surface area contributed by atoms with E-state index in [0.717, 1.165) is 37.4 Å². The van der Waals surface area contributed by atoms with E-state index in [1.54, 1.807) is 10.8 Å².